The first-order valence-electron chi connectivity index (χ1n) is 8.35. The minimum Gasteiger partial charge on any atom is -0.256 e. The lowest BCUT2D eigenvalue weighted by atomic mass is 9.55. The molecule has 2 bridgehead atoms. The number of pyridine rings is 1. The van der Waals surface area contributed by atoms with E-state index in [1.54, 1.807) is 6.20 Å². The van der Waals surface area contributed by atoms with Crippen LogP contribution >= 0.6 is 0 Å². The summed E-state index contributed by atoms with van der Waals surface area (Å²) in [6.45, 7) is 0. The van der Waals surface area contributed by atoms with E-state index in [-0.39, 0.29) is 4.75 Å². The average molecular weight is 334 g/mol. The first kappa shape index (κ1) is 14.2. The molecule has 3 aromatic rings. The number of hydrogen-bond acceptors (Lipinski definition) is 3. The highest BCUT2D eigenvalue weighted by Crippen LogP contribution is 2.64. The van der Waals surface area contributed by atoms with E-state index < -0.39 is 9.73 Å². The van der Waals surface area contributed by atoms with Gasteiger partial charge in [0, 0.05) is 16.5 Å². The quantitative estimate of drug-likeness (QED) is 0.680. The first-order chi connectivity index (χ1) is 11.7. The van der Waals surface area contributed by atoms with Crippen molar-refractivity contribution in [3.05, 3.63) is 66.9 Å². The lowest BCUT2D eigenvalue weighted by Gasteiger charge is -2.62. The van der Waals surface area contributed by atoms with E-state index in [2.05, 4.69) is 4.98 Å². The molecule has 0 amide bonds. The Hall–Kier alpha value is -2.20. The van der Waals surface area contributed by atoms with Gasteiger partial charge < -0.3 is 0 Å². The van der Waals surface area contributed by atoms with Gasteiger partial charge in [-0.05, 0) is 61.6 Å². The SMILES string of the molecule is O=S(=Nc1ccc2ncccc2c1)(c1ccccc1)C12CC(C1)C2. The maximum Gasteiger partial charge on any atom is 0.0859 e. The van der Waals surface area contributed by atoms with Crippen LogP contribution in [0.3, 0.4) is 0 Å². The predicted molar refractivity (Wildman–Crippen MR) is 96.8 cm³/mol. The molecule has 3 saturated carbocycles. The van der Waals surface area contributed by atoms with Crippen molar-refractivity contribution in [2.75, 3.05) is 0 Å². The highest BCUT2D eigenvalue weighted by Gasteiger charge is 2.63. The normalized spacial score (nSPS) is 26.9. The van der Waals surface area contributed by atoms with Gasteiger partial charge in [-0.25, -0.2) is 4.21 Å². The second-order valence-electron chi connectivity index (χ2n) is 6.97. The largest absolute Gasteiger partial charge is 0.256 e. The van der Waals surface area contributed by atoms with E-state index in [1.807, 2.05) is 60.7 Å². The summed E-state index contributed by atoms with van der Waals surface area (Å²) in [4.78, 5) is 5.22. The highest BCUT2D eigenvalue weighted by molar-refractivity contribution is 7.95. The Morgan fingerprint density at radius 2 is 1.79 bits per heavy atom. The minimum absolute atomic E-state index is 0.108. The molecule has 1 heterocycles. The second-order valence-corrected chi connectivity index (χ2v) is 9.54. The number of hydrogen-bond donors (Lipinski definition) is 0. The fraction of sp³-hybridized carbons (Fsp3) is 0.250. The second kappa shape index (κ2) is 4.90. The number of nitrogens with zero attached hydrogens (tertiary/aromatic N) is 2. The Bertz CT molecular complexity index is 1030. The van der Waals surface area contributed by atoms with Crippen LogP contribution in [-0.4, -0.2) is 13.9 Å². The summed E-state index contributed by atoms with van der Waals surface area (Å²) in [5.41, 5.74) is 1.72. The Labute approximate surface area is 141 Å². The Balaban J connectivity index is 1.71. The predicted octanol–water partition coefficient (Wildman–Crippen LogP) is 4.95. The zero-order chi connectivity index (χ0) is 16.2. The van der Waals surface area contributed by atoms with Gasteiger partial charge in [0.15, 0.2) is 0 Å². The van der Waals surface area contributed by atoms with Gasteiger partial charge in [-0.1, -0.05) is 24.3 Å². The van der Waals surface area contributed by atoms with E-state index in [9.17, 15) is 4.21 Å². The van der Waals surface area contributed by atoms with E-state index in [1.165, 1.54) is 0 Å². The molecule has 0 spiro atoms. The topological polar surface area (TPSA) is 42.3 Å². The number of fused-ring (bicyclic) bond motifs is 1. The molecule has 1 unspecified atom stereocenters. The number of benzene rings is 2. The van der Waals surface area contributed by atoms with Crippen molar-refractivity contribution in [2.24, 2.45) is 10.3 Å². The van der Waals surface area contributed by atoms with Gasteiger partial charge in [-0.2, -0.15) is 4.36 Å². The summed E-state index contributed by atoms with van der Waals surface area (Å²) in [6, 6.07) is 19.6. The molecular formula is C20H18N2OS. The van der Waals surface area contributed by atoms with E-state index in [0.29, 0.717) is 0 Å². The summed E-state index contributed by atoms with van der Waals surface area (Å²) >= 11 is 0. The van der Waals surface area contributed by atoms with Gasteiger partial charge in [-0.15, -0.1) is 0 Å². The zero-order valence-electron chi connectivity index (χ0n) is 13.3. The van der Waals surface area contributed by atoms with Gasteiger partial charge >= 0.3 is 0 Å². The molecule has 0 aliphatic heterocycles. The lowest BCUT2D eigenvalue weighted by Crippen LogP contribution is -2.62. The fourth-order valence-corrected chi connectivity index (χ4v) is 7.13. The molecule has 6 rings (SSSR count). The smallest absolute Gasteiger partial charge is 0.0859 e. The molecule has 2 aromatic carbocycles. The fourth-order valence-electron chi connectivity index (χ4n) is 4.01. The van der Waals surface area contributed by atoms with Gasteiger partial charge in [0.05, 0.1) is 25.7 Å². The summed E-state index contributed by atoms with van der Waals surface area (Å²) in [5.74, 6) is 0.769. The van der Waals surface area contributed by atoms with Crippen molar-refractivity contribution in [3.63, 3.8) is 0 Å². The molecule has 4 heteroatoms. The summed E-state index contributed by atoms with van der Waals surface area (Å²) in [6.07, 6.45) is 4.95. The van der Waals surface area contributed by atoms with Gasteiger partial charge in [0.2, 0.25) is 0 Å². The van der Waals surface area contributed by atoms with Crippen LogP contribution in [0.25, 0.3) is 10.9 Å². The Morgan fingerprint density at radius 1 is 1.00 bits per heavy atom. The summed E-state index contributed by atoms with van der Waals surface area (Å²) in [7, 11) is -2.46. The molecule has 0 N–H and O–H groups in total. The third kappa shape index (κ3) is 1.89. The molecular weight excluding hydrogens is 316 g/mol. The van der Waals surface area contributed by atoms with Crippen molar-refractivity contribution >= 4 is 26.3 Å². The van der Waals surface area contributed by atoms with E-state index >= 15 is 0 Å². The summed E-state index contributed by atoms with van der Waals surface area (Å²) in [5, 5.41) is 1.03. The molecule has 0 radical (unpaired) electrons. The van der Waals surface area contributed by atoms with Crippen LogP contribution in [0.4, 0.5) is 5.69 Å². The van der Waals surface area contributed by atoms with E-state index in [4.69, 9.17) is 4.36 Å². The van der Waals surface area contributed by atoms with Crippen LogP contribution in [0.2, 0.25) is 0 Å². The van der Waals surface area contributed by atoms with Crippen molar-refractivity contribution in [2.45, 2.75) is 28.9 Å². The third-order valence-corrected chi connectivity index (χ3v) is 8.51. The van der Waals surface area contributed by atoms with Crippen LogP contribution in [0.5, 0.6) is 0 Å². The maximum absolute atomic E-state index is 14.1. The standard InChI is InChI=1S/C20H18N2OS/c23-24(18-6-2-1-3-7-18,20-12-15(13-20)14-20)22-17-8-9-19-16(11-17)5-4-10-21-19/h1-11,15H,12-14H2. The van der Waals surface area contributed by atoms with Crippen molar-refractivity contribution in [1.82, 2.24) is 4.98 Å². The maximum atomic E-state index is 14.1. The molecule has 24 heavy (non-hydrogen) atoms. The molecule has 1 atom stereocenters. The number of aromatic nitrogens is 1. The minimum atomic E-state index is -2.46. The lowest BCUT2D eigenvalue weighted by molar-refractivity contribution is 0.0516. The third-order valence-electron chi connectivity index (χ3n) is 5.45. The molecule has 0 saturated heterocycles. The molecule has 120 valence electrons. The van der Waals surface area contributed by atoms with Crippen molar-refractivity contribution in [1.29, 1.82) is 0 Å². The van der Waals surface area contributed by atoms with Crippen LogP contribution in [0, 0.1) is 5.92 Å². The van der Waals surface area contributed by atoms with Crippen molar-refractivity contribution in [3.8, 4) is 0 Å². The Morgan fingerprint density at radius 3 is 2.50 bits per heavy atom. The van der Waals surface area contributed by atoms with E-state index in [0.717, 1.165) is 46.7 Å². The van der Waals surface area contributed by atoms with Crippen LogP contribution < -0.4 is 0 Å². The van der Waals surface area contributed by atoms with Crippen LogP contribution in [0.1, 0.15) is 19.3 Å². The monoisotopic (exact) mass is 334 g/mol. The Kier molecular flexibility index (Phi) is 2.89. The van der Waals surface area contributed by atoms with Gasteiger partial charge in [0.1, 0.15) is 0 Å². The average Bonchev–Trinajstić information content (AvgIpc) is 2.52. The number of rotatable bonds is 3. The molecule has 3 aliphatic rings. The van der Waals surface area contributed by atoms with Crippen LogP contribution in [-0.2, 0) is 9.73 Å². The zero-order valence-corrected chi connectivity index (χ0v) is 14.1. The first-order valence-corrected chi connectivity index (χ1v) is 9.87. The molecule has 3 aliphatic carbocycles. The van der Waals surface area contributed by atoms with Crippen molar-refractivity contribution < 1.29 is 4.21 Å². The molecule has 3 fully saturated rings. The van der Waals surface area contributed by atoms with Gasteiger partial charge in [-0.3, -0.25) is 4.98 Å². The molecule has 3 nitrogen and oxygen atoms in total. The van der Waals surface area contributed by atoms with Crippen LogP contribution in [0.15, 0.2) is 76.1 Å². The highest BCUT2D eigenvalue weighted by atomic mass is 32.2. The molecule has 1 aromatic heterocycles. The summed E-state index contributed by atoms with van der Waals surface area (Å²) < 4.78 is 18.8. The van der Waals surface area contributed by atoms with Gasteiger partial charge in [0.25, 0.3) is 0 Å².